The van der Waals surface area contributed by atoms with Gasteiger partial charge in [0, 0.05) is 23.1 Å². The van der Waals surface area contributed by atoms with E-state index in [4.69, 9.17) is 23.2 Å². The molecule has 0 spiro atoms. The Morgan fingerprint density at radius 3 is 2.45 bits per heavy atom. The molecule has 1 unspecified atom stereocenters. The van der Waals surface area contributed by atoms with Crippen LogP contribution in [-0.4, -0.2) is 29.3 Å². The highest BCUT2D eigenvalue weighted by Gasteiger charge is 2.29. The third-order valence-electron chi connectivity index (χ3n) is 4.59. The van der Waals surface area contributed by atoms with E-state index in [-0.39, 0.29) is 30.3 Å². The molecule has 0 bridgehead atoms. The molecule has 0 fully saturated rings. The number of carbonyl (C=O) groups excluding carboxylic acids is 2. The number of halogens is 3. The molecule has 0 radical (unpaired) electrons. The first-order chi connectivity index (χ1) is 13.9. The minimum absolute atomic E-state index is 0.126. The van der Waals surface area contributed by atoms with Crippen molar-refractivity contribution in [2.24, 2.45) is 0 Å². The number of nitrogens with zero attached hydrogens (tertiary/aromatic N) is 1. The highest BCUT2D eigenvalue weighted by Crippen LogP contribution is 2.24. The Morgan fingerprint density at radius 2 is 1.83 bits per heavy atom. The first kappa shape index (κ1) is 23.2. The molecule has 0 aromatic heterocycles. The number of hydrogen-bond donors (Lipinski definition) is 1. The van der Waals surface area contributed by atoms with E-state index in [1.165, 1.54) is 11.0 Å². The fourth-order valence-electron chi connectivity index (χ4n) is 3.03. The zero-order chi connectivity index (χ0) is 21.4. The molecule has 2 aromatic carbocycles. The van der Waals surface area contributed by atoms with E-state index in [1.54, 1.807) is 36.4 Å². The summed E-state index contributed by atoms with van der Waals surface area (Å²) in [6, 6.07) is 10.4. The van der Waals surface area contributed by atoms with Crippen LogP contribution >= 0.6 is 23.2 Å². The van der Waals surface area contributed by atoms with Crippen molar-refractivity contribution in [3.05, 3.63) is 69.5 Å². The number of rotatable bonds is 9. The Kier molecular flexibility index (Phi) is 8.93. The van der Waals surface area contributed by atoms with Gasteiger partial charge in [-0.2, -0.15) is 0 Å². The Morgan fingerprint density at radius 1 is 1.10 bits per heavy atom. The molecular weight excluding hydrogens is 414 g/mol. The lowest BCUT2D eigenvalue weighted by molar-refractivity contribution is -0.141. The van der Waals surface area contributed by atoms with Crippen molar-refractivity contribution < 1.29 is 14.0 Å². The summed E-state index contributed by atoms with van der Waals surface area (Å²) in [4.78, 5) is 27.3. The van der Waals surface area contributed by atoms with E-state index in [0.29, 0.717) is 28.6 Å². The van der Waals surface area contributed by atoms with Gasteiger partial charge in [-0.1, -0.05) is 61.3 Å². The van der Waals surface area contributed by atoms with E-state index >= 15 is 0 Å². The van der Waals surface area contributed by atoms with Gasteiger partial charge in [0.2, 0.25) is 11.8 Å². The largest absolute Gasteiger partial charge is 0.354 e. The van der Waals surface area contributed by atoms with Crippen LogP contribution in [0.1, 0.15) is 37.8 Å². The highest BCUT2D eigenvalue weighted by atomic mass is 35.5. The van der Waals surface area contributed by atoms with Gasteiger partial charge in [0.25, 0.3) is 0 Å². The monoisotopic (exact) mass is 438 g/mol. The lowest BCUT2D eigenvalue weighted by Gasteiger charge is -2.31. The summed E-state index contributed by atoms with van der Waals surface area (Å²) in [6.07, 6.45) is 1.06. The Balaban J connectivity index is 2.33. The fraction of sp³-hybridized carbons (Fsp3) is 0.364. The van der Waals surface area contributed by atoms with Crippen molar-refractivity contribution in [3.63, 3.8) is 0 Å². The number of benzene rings is 2. The molecule has 0 saturated heterocycles. The molecule has 4 nitrogen and oxygen atoms in total. The van der Waals surface area contributed by atoms with Crippen molar-refractivity contribution in [1.82, 2.24) is 10.2 Å². The van der Waals surface area contributed by atoms with E-state index in [9.17, 15) is 14.0 Å². The van der Waals surface area contributed by atoms with Crippen LogP contribution in [0.2, 0.25) is 10.0 Å². The first-order valence-electron chi connectivity index (χ1n) is 9.61. The van der Waals surface area contributed by atoms with Gasteiger partial charge in [-0.05, 0) is 42.2 Å². The lowest BCUT2D eigenvalue weighted by atomic mass is 10.1. The molecule has 0 aliphatic rings. The molecule has 0 saturated carbocycles. The van der Waals surface area contributed by atoms with Crippen molar-refractivity contribution >= 4 is 35.0 Å². The fourth-order valence-corrected chi connectivity index (χ4v) is 3.49. The smallest absolute Gasteiger partial charge is 0.242 e. The maximum atomic E-state index is 14.1. The van der Waals surface area contributed by atoms with Crippen molar-refractivity contribution in [3.8, 4) is 0 Å². The highest BCUT2D eigenvalue weighted by molar-refractivity contribution is 6.35. The Hall–Kier alpha value is -2.11. The van der Waals surface area contributed by atoms with Crippen molar-refractivity contribution in [2.75, 3.05) is 6.54 Å². The molecule has 0 aliphatic carbocycles. The summed E-state index contributed by atoms with van der Waals surface area (Å²) in [5, 5.41) is 3.73. The lowest BCUT2D eigenvalue weighted by Crippen LogP contribution is -2.49. The van der Waals surface area contributed by atoms with Crippen LogP contribution in [-0.2, 0) is 22.6 Å². The van der Waals surface area contributed by atoms with E-state index < -0.39 is 11.9 Å². The zero-order valence-electron chi connectivity index (χ0n) is 16.6. The molecule has 29 heavy (non-hydrogen) atoms. The number of nitrogens with one attached hydrogen (secondary N) is 1. The van der Waals surface area contributed by atoms with E-state index in [1.807, 2.05) is 13.8 Å². The molecule has 7 heteroatoms. The van der Waals surface area contributed by atoms with E-state index in [2.05, 4.69) is 5.32 Å². The maximum Gasteiger partial charge on any atom is 0.242 e. The topological polar surface area (TPSA) is 49.4 Å². The summed E-state index contributed by atoms with van der Waals surface area (Å²) < 4.78 is 14.1. The number of carbonyl (C=O) groups is 2. The molecular formula is C22H25Cl2FN2O2. The normalized spacial score (nSPS) is 11.8. The van der Waals surface area contributed by atoms with Crippen LogP contribution in [0, 0.1) is 5.82 Å². The van der Waals surface area contributed by atoms with Crippen LogP contribution in [0.3, 0.4) is 0 Å². The van der Waals surface area contributed by atoms with Gasteiger partial charge in [0.15, 0.2) is 0 Å². The van der Waals surface area contributed by atoms with Gasteiger partial charge in [0.1, 0.15) is 11.9 Å². The van der Waals surface area contributed by atoms with Crippen LogP contribution in [0.15, 0.2) is 42.5 Å². The summed E-state index contributed by atoms with van der Waals surface area (Å²) in [6.45, 7) is 4.44. The maximum absolute atomic E-state index is 14.1. The molecule has 156 valence electrons. The molecule has 1 N–H and O–H groups in total. The van der Waals surface area contributed by atoms with Crippen molar-refractivity contribution in [1.29, 1.82) is 0 Å². The third-order valence-corrected chi connectivity index (χ3v) is 5.18. The number of hydrogen-bond acceptors (Lipinski definition) is 2. The second-order valence-corrected chi connectivity index (χ2v) is 7.58. The van der Waals surface area contributed by atoms with Crippen LogP contribution in [0.4, 0.5) is 4.39 Å². The zero-order valence-corrected chi connectivity index (χ0v) is 18.1. The summed E-state index contributed by atoms with van der Waals surface area (Å²) in [5.74, 6) is -1.03. The van der Waals surface area contributed by atoms with Gasteiger partial charge < -0.3 is 10.2 Å². The molecule has 1 atom stereocenters. The first-order valence-corrected chi connectivity index (χ1v) is 10.4. The van der Waals surface area contributed by atoms with Gasteiger partial charge >= 0.3 is 0 Å². The Bertz CT molecular complexity index is 860. The third kappa shape index (κ3) is 6.44. The summed E-state index contributed by atoms with van der Waals surface area (Å²) in [5.41, 5.74) is 0.952. The molecule has 2 aromatic rings. The quantitative estimate of drug-likeness (QED) is 0.597. The Labute approximate surface area is 181 Å². The minimum Gasteiger partial charge on any atom is -0.354 e. The molecule has 2 rings (SSSR count). The van der Waals surface area contributed by atoms with Gasteiger partial charge in [-0.15, -0.1) is 0 Å². The summed E-state index contributed by atoms with van der Waals surface area (Å²) >= 11 is 12.3. The van der Waals surface area contributed by atoms with Gasteiger partial charge in [-0.3, -0.25) is 9.59 Å². The van der Waals surface area contributed by atoms with E-state index in [0.717, 1.165) is 6.42 Å². The van der Waals surface area contributed by atoms with Gasteiger partial charge in [0.05, 0.1) is 6.42 Å². The SMILES string of the molecule is CCCNC(=O)C(CC)N(Cc1ccc(Cl)cc1Cl)C(=O)Cc1ccccc1F. The second kappa shape index (κ2) is 11.2. The standard InChI is InChI=1S/C22H25Cl2FN2O2/c1-3-11-26-22(29)20(4-2)27(14-16-9-10-17(23)13-18(16)24)21(28)12-15-7-5-6-8-19(15)25/h5-10,13,20H,3-4,11-12,14H2,1-2H3,(H,26,29). The second-order valence-electron chi connectivity index (χ2n) is 6.74. The minimum atomic E-state index is -0.687. The van der Waals surface area contributed by atoms with Gasteiger partial charge in [-0.25, -0.2) is 4.39 Å². The number of amides is 2. The molecule has 0 heterocycles. The van der Waals surface area contributed by atoms with Crippen LogP contribution in [0.5, 0.6) is 0 Å². The van der Waals surface area contributed by atoms with Crippen molar-refractivity contribution in [2.45, 2.75) is 45.7 Å². The van der Waals surface area contributed by atoms with Crippen LogP contribution < -0.4 is 5.32 Å². The molecule has 2 amide bonds. The average Bonchev–Trinajstić information content (AvgIpc) is 2.69. The predicted octanol–water partition coefficient (Wildman–Crippen LogP) is 5.01. The summed E-state index contributed by atoms with van der Waals surface area (Å²) in [7, 11) is 0. The predicted molar refractivity (Wildman–Crippen MR) is 114 cm³/mol. The van der Waals surface area contributed by atoms with Crippen LogP contribution in [0.25, 0.3) is 0 Å². The average molecular weight is 439 g/mol. The molecule has 0 aliphatic heterocycles.